The molecule has 0 fully saturated rings. The van der Waals surface area contributed by atoms with Crippen molar-refractivity contribution in [3.8, 4) is 0 Å². The van der Waals surface area contributed by atoms with Crippen LogP contribution in [0.5, 0.6) is 0 Å². The Balaban J connectivity index is 1.81. The standard InChI is InChI=1S/C17H19Cl2N3O2/c1-24-9-8-20-14-4-5-16(22-11-14)17(23)21-7-6-12-2-3-13(18)10-15(12)19/h2-5,10-11,20H,6-9H2,1H3,(H,21,23). The first kappa shape index (κ1) is 18.5. The minimum absolute atomic E-state index is 0.219. The number of amides is 1. The lowest BCUT2D eigenvalue weighted by Gasteiger charge is -2.08. The summed E-state index contributed by atoms with van der Waals surface area (Å²) in [7, 11) is 1.64. The maximum Gasteiger partial charge on any atom is 0.269 e. The van der Waals surface area contributed by atoms with Crippen molar-refractivity contribution in [2.45, 2.75) is 6.42 Å². The second-order valence-electron chi connectivity index (χ2n) is 5.09. The molecule has 0 atom stereocenters. The zero-order valence-corrected chi connectivity index (χ0v) is 14.8. The molecule has 128 valence electrons. The lowest BCUT2D eigenvalue weighted by atomic mass is 10.1. The second kappa shape index (κ2) is 9.47. The number of nitrogens with one attached hydrogen (secondary N) is 2. The van der Waals surface area contributed by atoms with Crippen molar-refractivity contribution in [1.82, 2.24) is 10.3 Å². The monoisotopic (exact) mass is 367 g/mol. The third kappa shape index (κ3) is 5.67. The van der Waals surface area contributed by atoms with Crippen molar-refractivity contribution in [2.75, 3.05) is 32.1 Å². The fourth-order valence-electron chi connectivity index (χ4n) is 2.06. The summed E-state index contributed by atoms with van der Waals surface area (Å²) < 4.78 is 4.96. The Hall–Kier alpha value is -1.82. The highest BCUT2D eigenvalue weighted by Crippen LogP contribution is 2.21. The molecule has 0 aliphatic heterocycles. The van der Waals surface area contributed by atoms with Crippen molar-refractivity contribution in [2.24, 2.45) is 0 Å². The van der Waals surface area contributed by atoms with Crippen LogP contribution in [0.2, 0.25) is 10.0 Å². The minimum atomic E-state index is -0.219. The van der Waals surface area contributed by atoms with Crippen LogP contribution in [-0.4, -0.2) is 37.7 Å². The van der Waals surface area contributed by atoms with E-state index < -0.39 is 0 Å². The number of carbonyl (C=O) groups excluding carboxylic acids is 1. The summed E-state index contributed by atoms with van der Waals surface area (Å²) in [6.45, 7) is 1.76. The van der Waals surface area contributed by atoms with Crippen LogP contribution in [0.1, 0.15) is 16.1 Å². The topological polar surface area (TPSA) is 63.2 Å². The lowest BCUT2D eigenvalue weighted by Crippen LogP contribution is -2.26. The Kier molecular flexibility index (Phi) is 7.31. The summed E-state index contributed by atoms with van der Waals surface area (Å²) in [4.78, 5) is 16.2. The predicted molar refractivity (Wildman–Crippen MR) is 97.1 cm³/mol. The summed E-state index contributed by atoms with van der Waals surface area (Å²) in [5.74, 6) is -0.219. The zero-order valence-electron chi connectivity index (χ0n) is 13.3. The van der Waals surface area contributed by atoms with Gasteiger partial charge in [-0.3, -0.25) is 4.79 Å². The molecule has 1 aromatic heterocycles. The number of methoxy groups -OCH3 is 1. The average Bonchev–Trinajstić information content (AvgIpc) is 2.57. The molecule has 7 heteroatoms. The molecule has 1 aromatic carbocycles. The lowest BCUT2D eigenvalue weighted by molar-refractivity contribution is 0.0949. The van der Waals surface area contributed by atoms with Crippen LogP contribution < -0.4 is 10.6 Å². The molecule has 0 unspecified atom stereocenters. The van der Waals surface area contributed by atoms with Crippen molar-refractivity contribution >= 4 is 34.8 Å². The Bertz CT molecular complexity index is 678. The van der Waals surface area contributed by atoms with Gasteiger partial charge in [-0.2, -0.15) is 0 Å². The number of hydrogen-bond donors (Lipinski definition) is 2. The van der Waals surface area contributed by atoms with Gasteiger partial charge in [0.2, 0.25) is 0 Å². The molecule has 2 N–H and O–H groups in total. The van der Waals surface area contributed by atoms with E-state index in [9.17, 15) is 4.79 Å². The van der Waals surface area contributed by atoms with E-state index in [0.29, 0.717) is 41.9 Å². The van der Waals surface area contributed by atoms with Crippen LogP contribution in [0.3, 0.4) is 0 Å². The Morgan fingerprint density at radius 2 is 2.04 bits per heavy atom. The zero-order chi connectivity index (χ0) is 17.4. The summed E-state index contributed by atoms with van der Waals surface area (Å²) in [5.41, 5.74) is 2.15. The van der Waals surface area contributed by atoms with Crippen molar-refractivity contribution in [3.63, 3.8) is 0 Å². The van der Waals surface area contributed by atoms with Gasteiger partial charge in [-0.05, 0) is 36.2 Å². The highest BCUT2D eigenvalue weighted by atomic mass is 35.5. The van der Waals surface area contributed by atoms with E-state index in [2.05, 4.69) is 15.6 Å². The van der Waals surface area contributed by atoms with E-state index in [1.165, 1.54) is 0 Å². The maximum absolute atomic E-state index is 12.1. The molecule has 2 aromatic rings. The number of rotatable bonds is 8. The molecule has 0 bridgehead atoms. The third-order valence-electron chi connectivity index (χ3n) is 3.33. The molecule has 1 heterocycles. The number of aromatic nitrogens is 1. The van der Waals surface area contributed by atoms with E-state index in [4.69, 9.17) is 27.9 Å². The highest BCUT2D eigenvalue weighted by molar-refractivity contribution is 6.35. The van der Waals surface area contributed by atoms with Crippen molar-refractivity contribution in [3.05, 3.63) is 57.8 Å². The van der Waals surface area contributed by atoms with Gasteiger partial charge >= 0.3 is 0 Å². The summed E-state index contributed by atoms with van der Waals surface area (Å²) in [6.07, 6.45) is 2.25. The summed E-state index contributed by atoms with van der Waals surface area (Å²) in [6, 6.07) is 8.82. The Labute approximate surface area is 151 Å². The number of nitrogens with zero attached hydrogens (tertiary/aromatic N) is 1. The van der Waals surface area contributed by atoms with Gasteiger partial charge in [0.05, 0.1) is 18.5 Å². The first-order valence-electron chi connectivity index (χ1n) is 7.51. The van der Waals surface area contributed by atoms with Gasteiger partial charge in [0.25, 0.3) is 5.91 Å². The molecule has 24 heavy (non-hydrogen) atoms. The highest BCUT2D eigenvalue weighted by Gasteiger charge is 2.07. The van der Waals surface area contributed by atoms with Crippen LogP contribution in [-0.2, 0) is 11.2 Å². The van der Waals surface area contributed by atoms with Crippen LogP contribution in [0.25, 0.3) is 0 Å². The third-order valence-corrected chi connectivity index (χ3v) is 3.91. The normalized spacial score (nSPS) is 10.5. The molecule has 0 spiro atoms. The molecule has 0 aliphatic carbocycles. The largest absolute Gasteiger partial charge is 0.383 e. The van der Waals surface area contributed by atoms with Gasteiger partial charge in [0.15, 0.2) is 0 Å². The maximum atomic E-state index is 12.1. The van der Waals surface area contributed by atoms with E-state index in [-0.39, 0.29) is 5.91 Å². The fourth-order valence-corrected chi connectivity index (χ4v) is 2.56. The summed E-state index contributed by atoms with van der Waals surface area (Å²) in [5, 5.41) is 7.16. The van der Waals surface area contributed by atoms with Crippen LogP contribution in [0.4, 0.5) is 5.69 Å². The number of benzene rings is 1. The second-order valence-corrected chi connectivity index (χ2v) is 5.94. The first-order chi connectivity index (χ1) is 11.6. The van der Waals surface area contributed by atoms with Gasteiger partial charge < -0.3 is 15.4 Å². The van der Waals surface area contributed by atoms with E-state index in [1.54, 1.807) is 31.5 Å². The van der Waals surface area contributed by atoms with E-state index in [0.717, 1.165) is 11.3 Å². The van der Waals surface area contributed by atoms with Crippen LogP contribution in [0.15, 0.2) is 36.5 Å². The van der Waals surface area contributed by atoms with Crippen molar-refractivity contribution in [1.29, 1.82) is 0 Å². The number of halogens is 2. The first-order valence-corrected chi connectivity index (χ1v) is 8.26. The van der Waals surface area contributed by atoms with Gasteiger partial charge in [-0.1, -0.05) is 29.3 Å². The molecule has 0 radical (unpaired) electrons. The number of pyridine rings is 1. The fraction of sp³-hybridized carbons (Fsp3) is 0.294. The van der Waals surface area contributed by atoms with E-state index in [1.807, 2.05) is 12.1 Å². The van der Waals surface area contributed by atoms with Gasteiger partial charge in [0, 0.05) is 30.2 Å². The molecule has 5 nitrogen and oxygen atoms in total. The van der Waals surface area contributed by atoms with Gasteiger partial charge in [0.1, 0.15) is 5.69 Å². The van der Waals surface area contributed by atoms with Crippen LogP contribution in [0, 0.1) is 0 Å². The number of carbonyl (C=O) groups is 1. The smallest absolute Gasteiger partial charge is 0.269 e. The Morgan fingerprint density at radius 1 is 1.21 bits per heavy atom. The van der Waals surface area contributed by atoms with Gasteiger partial charge in [-0.15, -0.1) is 0 Å². The van der Waals surface area contributed by atoms with Crippen LogP contribution >= 0.6 is 23.2 Å². The molecular formula is C17H19Cl2N3O2. The van der Waals surface area contributed by atoms with Gasteiger partial charge in [-0.25, -0.2) is 4.98 Å². The number of anilines is 1. The molecule has 0 saturated carbocycles. The number of ether oxygens (including phenoxy) is 1. The van der Waals surface area contributed by atoms with Crippen molar-refractivity contribution < 1.29 is 9.53 Å². The Morgan fingerprint density at radius 3 is 2.71 bits per heavy atom. The molecule has 0 aliphatic rings. The SMILES string of the molecule is COCCNc1ccc(C(=O)NCCc2ccc(Cl)cc2Cl)nc1. The molecule has 0 saturated heterocycles. The molecule has 2 rings (SSSR count). The predicted octanol–water partition coefficient (Wildman–Crippen LogP) is 3.42. The minimum Gasteiger partial charge on any atom is -0.383 e. The average molecular weight is 368 g/mol. The number of hydrogen-bond acceptors (Lipinski definition) is 4. The molecule has 1 amide bonds. The van der Waals surface area contributed by atoms with E-state index >= 15 is 0 Å². The summed E-state index contributed by atoms with van der Waals surface area (Å²) >= 11 is 12.0. The quantitative estimate of drug-likeness (QED) is 0.701. The molecular weight excluding hydrogens is 349 g/mol.